The maximum absolute atomic E-state index is 12.5. The normalized spacial score (nSPS) is 12.0. The molecule has 1 amide bonds. The lowest BCUT2D eigenvalue weighted by atomic mass is 10.3. The summed E-state index contributed by atoms with van der Waals surface area (Å²) in [7, 11) is 4.78. The van der Waals surface area contributed by atoms with Crippen molar-refractivity contribution in [3.63, 3.8) is 0 Å². The zero-order valence-corrected chi connectivity index (χ0v) is 14.3. The maximum Gasteiger partial charge on any atom is 0.332 e. The first-order valence-corrected chi connectivity index (χ1v) is 6.86. The number of hydrogen-bond acceptors (Lipinski definition) is 5. The second-order valence-corrected chi connectivity index (χ2v) is 5.35. The van der Waals surface area contributed by atoms with Gasteiger partial charge in [0.25, 0.3) is 5.56 Å². The molecule has 0 aromatic carbocycles. The van der Waals surface area contributed by atoms with Crippen molar-refractivity contribution in [2.75, 3.05) is 13.6 Å². The molecule has 2 rings (SSSR count). The molecule has 0 spiro atoms. The molecule has 2 aromatic rings. The predicted octanol–water partition coefficient (Wildman–Crippen LogP) is -1.34. The summed E-state index contributed by atoms with van der Waals surface area (Å²) in [5.74, 6) is -0.348. The second-order valence-electron chi connectivity index (χ2n) is 5.35. The molecule has 0 aliphatic carbocycles. The third-order valence-electron chi connectivity index (χ3n) is 3.89. The van der Waals surface area contributed by atoms with Gasteiger partial charge >= 0.3 is 5.69 Å². The van der Waals surface area contributed by atoms with Crippen molar-refractivity contribution in [3.05, 3.63) is 27.2 Å². The van der Waals surface area contributed by atoms with Crippen molar-refractivity contribution in [2.24, 2.45) is 19.8 Å². The molecule has 128 valence electrons. The highest BCUT2D eigenvalue weighted by atomic mass is 35.5. The highest BCUT2D eigenvalue weighted by Crippen LogP contribution is 2.03. The van der Waals surface area contributed by atoms with Gasteiger partial charge in [-0.3, -0.25) is 14.2 Å². The summed E-state index contributed by atoms with van der Waals surface area (Å²) >= 11 is 0. The van der Waals surface area contributed by atoms with Gasteiger partial charge < -0.3 is 15.2 Å². The van der Waals surface area contributed by atoms with Crippen molar-refractivity contribution >= 4 is 29.5 Å². The first-order chi connectivity index (χ1) is 10.3. The number of nitrogens with zero attached hydrogens (tertiary/aromatic N) is 5. The molecule has 9 nitrogen and oxygen atoms in total. The number of likely N-dealkylation sites (N-methyl/N-ethyl adjacent to an activating group) is 1. The lowest BCUT2D eigenvalue weighted by molar-refractivity contribution is -0.132. The molecular formula is C13H21ClN6O3. The van der Waals surface area contributed by atoms with Crippen LogP contribution in [0.3, 0.4) is 0 Å². The van der Waals surface area contributed by atoms with Crippen LogP contribution in [0, 0.1) is 0 Å². The summed E-state index contributed by atoms with van der Waals surface area (Å²) in [6.45, 7) is 1.77. The molecule has 0 saturated carbocycles. The summed E-state index contributed by atoms with van der Waals surface area (Å²) in [5.41, 5.74) is 5.01. The van der Waals surface area contributed by atoms with Crippen molar-refractivity contribution in [1.29, 1.82) is 0 Å². The minimum absolute atomic E-state index is 0. The van der Waals surface area contributed by atoms with Crippen LogP contribution in [0.1, 0.15) is 6.92 Å². The van der Waals surface area contributed by atoms with E-state index < -0.39 is 11.2 Å². The average Bonchev–Trinajstić information content (AvgIpc) is 2.89. The van der Waals surface area contributed by atoms with E-state index in [1.165, 1.54) is 27.4 Å². The SMILES string of the molecule is CC(CN)N(C)C(=O)Cn1c(=O)c2c(ncn2C)n(C)c1=O.Cl. The number of amides is 1. The summed E-state index contributed by atoms with van der Waals surface area (Å²) in [4.78, 5) is 42.5. The zero-order valence-electron chi connectivity index (χ0n) is 13.5. The van der Waals surface area contributed by atoms with Crippen molar-refractivity contribution in [3.8, 4) is 0 Å². The van der Waals surface area contributed by atoms with Gasteiger partial charge in [0, 0.05) is 33.7 Å². The second kappa shape index (κ2) is 6.97. The van der Waals surface area contributed by atoms with E-state index in [9.17, 15) is 14.4 Å². The first kappa shape index (κ1) is 18.9. The number of aromatic nitrogens is 4. The van der Waals surface area contributed by atoms with Gasteiger partial charge in [-0.1, -0.05) is 0 Å². The average molecular weight is 345 g/mol. The molecule has 2 aromatic heterocycles. The Bertz CT molecular complexity index is 837. The Morgan fingerprint density at radius 3 is 2.57 bits per heavy atom. The number of aryl methyl sites for hydroxylation is 2. The molecule has 0 saturated heterocycles. The Morgan fingerprint density at radius 1 is 1.39 bits per heavy atom. The number of halogens is 1. The molecule has 0 fully saturated rings. The van der Waals surface area contributed by atoms with Crippen LogP contribution in [0.15, 0.2) is 15.9 Å². The Hall–Kier alpha value is -2.13. The third kappa shape index (κ3) is 3.15. The van der Waals surface area contributed by atoms with Gasteiger partial charge in [0.15, 0.2) is 11.2 Å². The van der Waals surface area contributed by atoms with E-state index in [0.717, 1.165) is 4.57 Å². The standard InChI is InChI=1S/C13H20N6O3.ClH/c1-8(5-14)17(3)9(20)6-19-12(21)10-11(15-7-16(10)2)18(4)13(19)22;/h7-8H,5-6,14H2,1-4H3;1H. The van der Waals surface area contributed by atoms with E-state index in [2.05, 4.69) is 4.98 Å². The Balaban J connectivity index is 0.00000264. The quantitative estimate of drug-likeness (QED) is 0.738. The van der Waals surface area contributed by atoms with E-state index in [1.807, 2.05) is 0 Å². The fourth-order valence-corrected chi connectivity index (χ4v) is 2.19. The fourth-order valence-electron chi connectivity index (χ4n) is 2.19. The van der Waals surface area contributed by atoms with Crippen molar-refractivity contribution in [2.45, 2.75) is 19.5 Å². The molecule has 23 heavy (non-hydrogen) atoms. The smallest absolute Gasteiger partial charge is 0.332 e. The van der Waals surface area contributed by atoms with E-state index in [4.69, 9.17) is 5.73 Å². The summed E-state index contributed by atoms with van der Waals surface area (Å²) in [6.07, 6.45) is 1.46. The Labute approximate surface area is 138 Å². The van der Waals surface area contributed by atoms with Gasteiger partial charge in [0.2, 0.25) is 5.91 Å². The van der Waals surface area contributed by atoms with Gasteiger partial charge in [-0.25, -0.2) is 14.3 Å². The topological polar surface area (TPSA) is 108 Å². The molecule has 2 heterocycles. The zero-order chi connectivity index (χ0) is 16.6. The molecule has 0 radical (unpaired) electrons. The maximum atomic E-state index is 12.5. The van der Waals surface area contributed by atoms with Crippen LogP contribution in [0.2, 0.25) is 0 Å². The molecule has 0 bridgehead atoms. The van der Waals surface area contributed by atoms with E-state index in [1.54, 1.807) is 21.0 Å². The van der Waals surface area contributed by atoms with Crippen LogP contribution in [0.5, 0.6) is 0 Å². The lowest BCUT2D eigenvalue weighted by Gasteiger charge is -2.23. The van der Waals surface area contributed by atoms with Crippen molar-refractivity contribution in [1.82, 2.24) is 23.6 Å². The highest BCUT2D eigenvalue weighted by molar-refractivity contribution is 5.85. The monoisotopic (exact) mass is 344 g/mol. The van der Waals surface area contributed by atoms with Crippen LogP contribution < -0.4 is 17.0 Å². The molecule has 1 unspecified atom stereocenters. The van der Waals surface area contributed by atoms with E-state index in [-0.39, 0.29) is 36.4 Å². The summed E-state index contributed by atoms with van der Waals surface area (Å²) < 4.78 is 3.72. The fraction of sp³-hybridized carbons (Fsp3) is 0.538. The lowest BCUT2D eigenvalue weighted by Crippen LogP contribution is -2.47. The Morgan fingerprint density at radius 2 is 2.00 bits per heavy atom. The largest absolute Gasteiger partial charge is 0.340 e. The number of nitrogens with two attached hydrogens (primary N) is 1. The molecular weight excluding hydrogens is 324 g/mol. The molecule has 10 heteroatoms. The summed E-state index contributed by atoms with van der Waals surface area (Å²) in [5, 5.41) is 0. The van der Waals surface area contributed by atoms with Crippen molar-refractivity contribution < 1.29 is 4.79 Å². The number of rotatable bonds is 4. The van der Waals surface area contributed by atoms with Gasteiger partial charge in [-0.2, -0.15) is 0 Å². The van der Waals surface area contributed by atoms with Crippen LogP contribution in [0.4, 0.5) is 0 Å². The molecule has 1 atom stereocenters. The number of hydrogen-bond donors (Lipinski definition) is 1. The van der Waals surface area contributed by atoms with Gasteiger partial charge in [0.05, 0.1) is 6.33 Å². The van der Waals surface area contributed by atoms with Gasteiger partial charge in [-0.15, -0.1) is 12.4 Å². The Kier molecular flexibility index (Phi) is 5.73. The molecule has 0 aliphatic heterocycles. The minimum atomic E-state index is -0.571. The third-order valence-corrected chi connectivity index (χ3v) is 3.89. The minimum Gasteiger partial charge on any atom is -0.340 e. The number of carbonyl (C=O) groups is 1. The molecule has 2 N–H and O–H groups in total. The number of imidazole rings is 1. The van der Waals surface area contributed by atoms with E-state index in [0.29, 0.717) is 12.2 Å². The van der Waals surface area contributed by atoms with Gasteiger partial charge in [0.1, 0.15) is 6.54 Å². The van der Waals surface area contributed by atoms with Gasteiger partial charge in [-0.05, 0) is 6.92 Å². The van der Waals surface area contributed by atoms with Crippen LogP contribution in [-0.4, -0.2) is 49.1 Å². The molecule has 0 aliphatic rings. The first-order valence-electron chi connectivity index (χ1n) is 6.86. The predicted molar refractivity (Wildman–Crippen MR) is 88.7 cm³/mol. The van der Waals surface area contributed by atoms with Crippen LogP contribution in [0.25, 0.3) is 11.2 Å². The summed E-state index contributed by atoms with van der Waals surface area (Å²) in [6, 6.07) is -0.174. The van der Waals surface area contributed by atoms with E-state index >= 15 is 0 Å². The highest BCUT2D eigenvalue weighted by Gasteiger charge is 2.20. The number of carbonyl (C=O) groups excluding carboxylic acids is 1. The van der Waals surface area contributed by atoms with Crippen LogP contribution in [-0.2, 0) is 25.4 Å². The number of fused-ring (bicyclic) bond motifs is 1. The van der Waals surface area contributed by atoms with Crippen LogP contribution >= 0.6 is 12.4 Å².